The molecule has 4 aliphatic carbocycles. The van der Waals surface area contributed by atoms with Gasteiger partial charge in [-0.05, 0) is 107 Å². The highest BCUT2D eigenvalue weighted by Gasteiger charge is 2.60. The average molecular weight is 497 g/mol. The molecule has 0 N–H and O–H groups in total. The van der Waals surface area contributed by atoms with E-state index < -0.39 is 0 Å². The number of Topliss-reactive ketones (excluding diaryl/α,β-unsaturated/α-hetero) is 1. The van der Waals surface area contributed by atoms with E-state index in [1.54, 1.807) is 5.57 Å². The molecule has 0 radical (unpaired) electrons. The number of ketones is 1. The highest BCUT2D eigenvalue weighted by molar-refractivity contribution is 5.79. The van der Waals surface area contributed by atoms with Crippen molar-refractivity contribution in [3.8, 4) is 0 Å². The van der Waals surface area contributed by atoms with Crippen LogP contribution in [0.1, 0.15) is 91.9 Å². The fourth-order valence-electron chi connectivity index (χ4n) is 10.6. The van der Waals surface area contributed by atoms with E-state index in [1.165, 1.54) is 45.1 Å². The van der Waals surface area contributed by atoms with Crippen LogP contribution in [0.2, 0.25) is 0 Å². The summed E-state index contributed by atoms with van der Waals surface area (Å²) in [5.74, 6) is 4.91. The van der Waals surface area contributed by atoms with Crippen molar-refractivity contribution in [1.29, 1.82) is 0 Å². The molecule has 6 rings (SSSR count). The van der Waals surface area contributed by atoms with Crippen molar-refractivity contribution < 1.29 is 9.53 Å². The standard InChI is InChI=1S/C32H52N2O2/c1-20-15-29-30(34(19-20)14-13-33(5)6)22(3)32(36-29)12-10-25-26-8-7-23-16-24(35)9-11-31(23,4)28(26)17-27(25)21(2)18-32/h20,22-23,25-26,28-30H,7-19H2,1-6H3/t20-,22?,23+,25-,26-,28-,29+,30-,31-,32-/m0/s1. The highest BCUT2D eigenvalue weighted by Crippen LogP contribution is 2.65. The molecule has 36 heavy (non-hydrogen) atoms. The lowest BCUT2D eigenvalue weighted by molar-refractivity contribution is -0.129. The number of allylic oxidation sites excluding steroid dienone is 1. The van der Waals surface area contributed by atoms with Crippen LogP contribution in [0.5, 0.6) is 0 Å². The predicted molar refractivity (Wildman–Crippen MR) is 146 cm³/mol. The number of likely N-dealkylation sites (tertiary alicyclic amines) is 1. The molecule has 202 valence electrons. The number of carbonyl (C=O) groups is 1. The van der Waals surface area contributed by atoms with Crippen molar-refractivity contribution in [3.63, 3.8) is 0 Å². The summed E-state index contributed by atoms with van der Waals surface area (Å²) < 4.78 is 7.26. The van der Waals surface area contributed by atoms with Crippen LogP contribution < -0.4 is 0 Å². The third-order valence-corrected chi connectivity index (χ3v) is 12.5. The minimum atomic E-state index is 0.0328. The Kier molecular flexibility index (Phi) is 6.53. The zero-order valence-corrected chi connectivity index (χ0v) is 24.0. The molecule has 1 spiro atoms. The Morgan fingerprint density at radius 2 is 1.92 bits per heavy atom. The van der Waals surface area contributed by atoms with Crippen molar-refractivity contribution in [1.82, 2.24) is 9.80 Å². The number of carbonyl (C=O) groups excluding carboxylic acids is 1. The van der Waals surface area contributed by atoms with Gasteiger partial charge in [-0.1, -0.05) is 31.9 Å². The Morgan fingerprint density at radius 1 is 1.11 bits per heavy atom. The van der Waals surface area contributed by atoms with Crippen molar-refractivity contribution in [2.45, 2.75) is 110 Å². The Balaban J connectivity index is 1.25. The highest BCUT2D eigenvalue weighted by atomic mass is 16.5. The first kappa shape index (κ1) is 25.6. The second-order valence-electron chi connectivity index (χ2n) is 14.8. The molecule has 6 aliphatic rings. The first-order valence-electron chi connectivity index (χ1n) is 15.4. The van der Waals surface area contributed by atoms with Gasteiger partial charge < -0.3 is 9.64 Å². The molecule has 0 aromatic heterocycles. The van der Waals surface area contributed by atoms with Crippen LogP contribution in [0.25, 0.3) is 0 Å². The van der Waals surface area contributed by atoms with Gasteiger partial charge in [0.15, 0.2) is 0 Å². The van der Waals surface area contributed by atoms with E-state index in [-0.39, 0.29) is 5.60 Å². The Bertz CT molecular complexity index is 912. The lowest BCUT2D eigenvalue weighted by Crippen LogP contribution is -2.53. The summed E-state index contributed by atoms with van der Waals surface area (Å²) >= 11 is 0. The normalized spacial score (nSPS) is 49.1. The van der Waals surface area contributed by atoms with E-state index in [9.17, 15) is 4.79 Å². The minimum absolute atomic E-state index is 0.0328. The lowest BCUT2D eigenvalue weighted by Gasteiger charge is -2.52. The monoisotopic (exact) mass is 496 g/mol. The summed E-state index contributed by atoms with van der Waals surface area (Å²) in [7, 11) is 4.40. The predicted octanol–water partition coefficient (Wildman–Crippen LogP) is 5.95. The average Bonchev–Trinajstić information content (AvgIpc) is 3.28. The number of nitrogens with zero attached hydrogens (tertiary/aromatic N) is 2. The molecule has 2 aliphatic heterocycles. The second-order valence-corrected chi connectivity index (χ2v) is 14.8. The van der Waals surface area contributed by atoms with Crippen molar-refractivity contribution in [2.24, 2.45) is 40.9 Å². The lowest BCUT2D eigenvalue weighted by atomic mass is 9.52. The SMILES string of the molecule is CC1=C2C[C@H]3[C@@H](CC[C@@H]4CC(=O)CC[C@@]43C)[C@@H]2CC[C@@]2(C1)O[C@@H]1C[C@H](C)CN(CCN(C)C)[C@H]1C2C. The van der Waals surface area contributed by atoms with E-state index in [1.807, 2.05) is 5.57 Å². The van der Waals surface area contributed by atoms with Gasteiger partial charge in [0.1, 0.15) is 5.78 Å². The smallest absolute Gasteiger partial charge is 0.133 e. The quantitative estimate of drug-likeness (QED) is 0.452. The van der Waals surface area contributed by atoms with Gasteiger partial charge in [-0.25, -0.2) is 0 Å². The van der Waals surface area contributed by atoms with Gasteiger partial charge in [-0.3, -0.25) is 9.69 Å². The van der Waals surface area contributed by atoms with Crippen LogP contribution in [0.15, 0.2) is 11.1 Å². The Labute approximate surface area is 220 Å². The van der Waals surface area contributed by atoms with Crippen LogP contribution >= 0.6 is 0 Å². The van der Waals surface area contributed by atoms with Gasteiger partial charge in [0.05, 0.1) is 11.7 Å². The number of ether oxygens (including phenoxy) is 1. The summed E-state index contributed by atoms with van der Waals surface area (Å²) in [6.07, 6.45) is 12.1. The summed E-state index contributed by atoms with van der Waals surface area (Å²) in [5, 5.41) is 0. The first-order chi connectivity index (χ1) is 17.1. The van der Waals surface area contributed by atoms with E-state index in [0.717, 1.165) is 62.4 Å². The molecule has 0 amide bonds. The summed E-state index contributed by atoms with van der Waals surface area (Å²) in [6.45, 7) is 13.5. The number of hydrogen-bond donors (Lipinski definition) is 0. The number of fused-ring (bicyclic) bond motifs is 6. The molecule has 0 aromatic rings. The van der Waals surface area contributed by atoms with E-state index in [0.29, 0.717) is 35.2 Å². The third-order valence-electron chi connectivity index (χ3n) is 12.5. The largest absolute Gasteiger partial charge is 0.369 e. The summed E-state index contributed by atoms with van der Waals surface area (Å²) in [6, 6.07) is 0.582. The van der Waals surface area contributed by atoms with Gasteiger partial charge in [0.25, 0.3) is 0 Å². The van der Waals surface area contributed by atoms with Crippen molar-refractivity contribution in [2.75, 3.05) is 33.7 Å². The molecule has 1 unspecified atom stereocenters. The molecule has 2 heterocycles. The van der Waals surface area contributed by atoms with Gasteiger partial charge in [0.2, 0.25) is 0 Å². The zero-order chi connectivity index (χ0) is 25.4. The van der Waals surface area contributed by atoms with Gasteiger partial charge in [-0.2, -0.15) is 0 Å². The second kappa shape index (κ2) is 9.19. The van der Waals surface area contributed by atoms with Crippen molar-refractivity contribution in [3.05, 3.63) is 11.1 Å². The van der Waals surface area contributed by atoms with Gasteiger partial charge >= 0.3 is 0 Å². The molecule has 4 heteroatoms. The Hall–Kier alpha value is -0.710. The molecular formula is C32H52N2O2. The van der Waals surface area contributed by atoms with E-state index in [2.05, 4.69) is 51.6 Å². The Morgan fingerprint density at radius 3 is 2.69 bits per heavy atom. The number of piperidine rings is 1. The van der Waals surface area contributed by atoms with E-state index in [4.69, 9.17) is 4.74 Å². The van der Waals surface area contributed by atoms with Crippen LogP contribution in [0.4, 0.5) is 0 Å². The molecule has 0 aromatic carbocycles. The molecule has 4 nitrogen and oxygen atoms in total. The summed E-state index contributed by atoms with van der Waals surface area (Å²) in [4.78, 5) is 17.4. The fourth-order valence-corrected chi connectivity index (χ4v) is 10.6. The maximum atomic E-state index is 12.3. The van der Waals surface area contributed by atoms with Crippen LogP contribution in [-0.2, 0) is 9.53 Å². The van der Waals surface area contributed by atoms with E-state index >= 15 is 0 Å². The fraction of sp³-hybridized carbons (Fsp3) is 0.906. The van der Waals surface area contributed by atoms with Crippen molar-refractivity contribution >= 4 is 5.78 Å². The molecular weight excluding hydrogens is 444 g/mol. The minimum Gasteiger partial charge on any atom is -0.369 e. The summed E-state index contributed by atoms with van der Waals surface area (Å²) in [5.41, 5.74) is 3.93. The van der Waals surface area contributed by atoms with Crippen LogP contribution in [0, 0.1) is 40.9 Å². The first-order valence-corrected chi connectivity index (χ1v) is 15.4. The number of hydrogen-bond acceptors (Lipinski definition) is 4. The zero-order valence-electron chi connectivity index (χ0n) is 24.0. The molecule has 0 bridgehead atoms. The molecule has 5 fully saturated rings. The molecule has 3 saturated carbocycles. The van der Waals surface area contributed by atoms with Crippen LogP contribution in [-0.4, -0.2) is 67.1 Å². The molecule has 10 atom stereocenters. The van der Waals surface area contributed by atoms with Crippen LogP contribution in [0.3, 0.4) is 0 Å². The van der Waals surface area contributed by atoms with Gasteiger partial charge in [-0.15, -0.1) is 0 Å². The molecule has 2 saturated heterocycles. The third kappa shape index (κ3) is 3.99. The maximum absolute atomic E-state index is 12.3. The number of likely N-dealkylation sites (N-methyl/N-ethyl adjacent to an activating group) is 1. The maximum Gasteiger partial charge on any atom is 0.133 e. The number of rotatable bonds is 3. The topological polar surface area (TPSA) is 32.8 Å². The van der Waals surface area contributed by atoms with Gasteiger partial charge in [0, 0.05) is 44.4 Å².